The van der Waals surface area contributed by atoms with E-state index in [1.54, 1.807) is 0 Å². The van der Waals surface area contributed by atoms with E-state index in [-0.39, 0.29) is 6.07 Å². The summed E-state index contributed by atoms with van der Waals surface area (Å²) in [5.41, 5.74) is -7.70. The Kier molecular flexibility index (Phi) is 3.32. The van der Waals surface area contributed by atoms with Crippen LogP contribution in [0, 0.1) is 11.6 Å². The third-order valence-corrected chi connectivity index (χ3v) is 2.16. The van der Waals surface area contributed by atoms with Gasteiger partial charge in [0, 0.05) is 5.56 Å². The van der Waals surface area contributed by atoms with Gasteiger partial charge in [0.1, 0.15) is 0 Å². The summed E-state index contributed by atoms with van der Waals surface area (Å²) in [6, 6.07) is 0.765. The van der Waals surface area contributed by atoms with Gasteiger partial charge in [-0.05, 0) is 6.07 Å². The monoisotopic (exact) mass is 280 g/mol. The average molecular weight is 280 g/mol. The summed E-state index contributed by atoms with van der Waals surface area (Å²) in [6.45, 7) is 0. The first-order chi connectivity index (χ1) is 7.93. The molecular formula is C9H4F8O. The van der Waals surface area contributed by atoms with E-state index in [1.807, 2.05) is 0 Å². The standard InChI is InChI=1S/C9H4F8O/c10-5-3-1-2-4(6(5)11)7(18,8(12,13)14)9(15,16)17/h1-3,18H. The molecule has 0 aromatic heterocycles. The Bertz CT molecular complexity index is 433. The third-order valence-electron chi connectivity index (χ3n) is 2.16. The zero-order valence-electron chi connectivity index (χ0n) is 8.20. The van der Waals surface area contributed by atoms with Crippen LogP contribution in [0.5, 0.6) is 0 Å². The number of rotatable bonds is 1. The van der Waals surface area contributed by atoms with Crippen LogP contribution in [0.3, 0.4) is 0 Å². The maximum Gasteiger partial charge on any atom is 0.430 e. The molecule has 0 aliphatic carbocycles. The van der Waals surface area contributed by atoms with Crippen LogP contribution in [0.4, 0.5) is 35.1 Å². The summed E-state index contributed by atoms with van der Waals surface area (Å²) in [7, 11) is 0. The predicted molar refractivity (Wildman–Crippen MR) is 42.4 cm³/mol. The summed E-state index contributed by atoms with van der Waals surface area (Å²) in [5, 5.41) is 8.80. The molecule has 0 bridgehead atoms. The quantitative estimate of drug-likeness (QED) is 0.783. The number of halogens is 8. The van der Waals surface area contributed by atoms with Crippen LogP contribution in [0.15, 0.2) is 18.2 Å². The summed E-state index contributed by atoms with van der Waals surface area (Å²) in [4.78, 5) is 0. The van der Waals surface area contributed by atoms with Gasteiger partial charge in [0.15, 0.2) is 11.6 Å². The van der Waals surface area contributed by atoms with Crippen molar-refractivity contribution in [2.75, 3.05) is 0 Å². The first-order valence-corrected chi connectivity index (χ1v) is 4.23. The van der Waals surface area contributed by atoms with Gasteiger partial charge in [0.05, 0.1) is 0 Å². The van der Waals surface area contributed by atoms with Gasteiger partial charge in [0.2, 0.25) is 0 Å². The van der Waals surface area contributed by atoms with Crippen LogP contribution in [-0.2, 0) is 5.60 Å². The molecule has 1 aromatic rings. The minimum absolute atomic E-state index is 0.0133. The Morgan fingerprint density at radius 1 is 0.833 bits per heavy atom. The average Bonchev–Trinajstić information content (AvgIpc) is 2.17. The molecule has 18 heavy (non-hydrogen) atoms. The van der Waals surface area contributed by atoms with Crippen molar-refractivity contribution in [2.24, 2.45) is 0 Å². The smallest absolute Gasteiger partial charge is 0.369 e. The van der Waals surface area contributed by atoms with Crippen molar-refractivity contribution >= 4 is 0 Å². The molecule has 1 rings (SSSR count). The largest absolute Gasteiger partial charge is 0.430 e. The Hall–Kier alpha value is -1.38. The van der Waals surface area contributed by atoms with Crippen LogP contribution < -0.4 is 0 Å². The van der Waals surface area contributed by atoms with Crippen LogP contribution >= 0.6 is 0 Å². The molecule has 1 nitrogen and oxygen atoms in total. The number of benzene rings is 1. The molecule has 0 unspecified atom stereocenters. The molecule has 1 N–H and O–H groups in total. The highest BCUT2D eigenvalue weighted by atomic mass is 19.4. The van der Waals surface area contributed by atoms with Crippen molar-refractivity contribution in [1.82, 2.24) is 0 Å². The highest BCUT2D eigenvalue weighted by Gasteiger charge is 2.72. The lowest BCUT2D eigenvalue weighted by Crippen LogP contribution is -2.54. The molecule has 0 aliphatic rings. The van der Waals surface area contributed by atoms with E-state index in [1.165, 1.54) is 0 Å². The van der Waals surface area contributed by atoms with Crippen LogP contribution in [0.25, 0.3) is 0 Å². The Labute approximate surface area is 94.6 Å². The fourth-order valence-corrected chi connectivity index (χ4v) is 1.25. The Morgan fingerprint density at radius 3 is 1.67 bits per heavy atom. The van der Waals surface area contributed by atoms with Gasteiger partial charge >= 0.3 is 12.4 Å². The summed E-state index contributed by atoms with van der Waals surface area (Å²) in [5.74, 6) is -4.34. The summed E-state index contributed by atoms with van der Waals surface area (Å²) < 4.78 is 99.7. The highest BCUT2D eigenvalue weighted by Crippen LogP contribution is 2.50. The molecule has 0 fully saturated rings. The maximum atomic E-state index is 13.0. The van der Waals surface area contributed by atoms with Crippen molar-refractivity contribution in [2.45, 2.75) is 18.0 Å². The fourth-order valence-electron chi connectivity index (χ4n) is 1.25. The Morgan fingerprint density at radius 2 is 1.28 bits per heavy atom. The van der Waals surface area contributed by atoms with Gasteiger partial charge in [0.25, 0.3) is 5.60 Å². The van der Waals surface area contributed by atoms with Gasteiger partial charge in [-0.1, -0.05) is 12.1 Å². The van der Waals surface area contributed by atoms with Crippen LogP contribution in [0.2, 0.25) is 0 Å². The number of alkyl halides is 6. The second-order valence-electron chi connectivity index (χ2n) is 3.31. The normalized spacial score (nSPS) is 13.8. The topological polar surface area (TPSA) is 20.2 Å². The molecule has 0 atom stereocenters. The summed E-state index contributed by atoms with van der Waals surface area (Å²) >= 11 is 0. The van der Waals surface area contributed by atoms with Crippen LogP contribution in [0.1, 0.15) is 5.56 Å². The van der Waals surface area contributed by atoms with Gasteiger partial charge in [-0.25, -0.2) is 8.78 Å². The van der Waals surface area contributed by atoms with Crippen molar-refractivity contribution in [1.29, 1.82) is 0 Å². The summed E-state index contributed by atoms with van der Waals surface area (Å²) in [6.07, 6.45) is -12.5. The minimum atomic E-state index is -6.25. The van der Waals surface area contributed by atoms with Crippen molar-refractivity contribution in [3.8, 4) is 0 Å². The van der Waals surface area contributed by atoms with E-state index in [4.69, 9.17) is 5.11 Å². The minimum Gasteiger partial charge on any atom is -0.369 e. The zero-order valence-corrected chi connectivity index (χ0v) is 8.20. The zero-order chi connectivity index (χ0) is 14.4. The molecular weight excluding hydrogens is 276 g/mol. The molecule has 0 saturated heterocycles. The second kappa shape index (κ2) is 4.08. The van der Waals surface area contributed by atoms with E-state index in [2.05, 4.69) is 0 Å². The molecule has 0 radical (unpaired) electrons. The van der Waals surface area contributed by atoms with Crippen molar-refractivity contribution < 1.29 is 40.2 Å². The SMILES string of the molecule is OC(c1cccc(F)c1F)(C(F)(F)F)C(F)(F)F. The van der Waals surface area contributed by atoms with Gasteiger partial charge in [-0.3, -0.25) is 0 Å². The first-order valence-electron chi connectivity index (χ1n) is 4.23. The van der Waals surface area contributed by atoms with Crippen molar-refractivity contribution in [3.63, 3.8) is 0 Å². The van der Waals surface area contributed by atoms with E-state index >= 15 is 0 Å². The van der Waals surface area contributed by atoms with E-state index in [0.717, 1.165) is 0 Å². The van der Waals surface area contributed by atoms with E-state index < -0.39 is 35.2 Å². The van der Waals surface area contributed by atoms with Gasteiger partial charge in [-0.2, -0.15) is 26.3 Å². The molecule has 0 spiro atoms. The molecule has 9 heteroatoms. The highest BCUT2D eigenvalue weighted by molar-refractivity contribution is 5.29. The molecule has 1 aromatic carbocycles. The maximum absolute atomic E-state index is 13.0. The Balaban J connectivity index is 3.61. The molecule has 0 amide bonds. The molecule has 0 heterocycles. The van der Waals surface area contributed by atoms with Gasteiger partial charge < -0.3 is 5.11 Å². The molecule has 102 valence electrons. The van der Waals surface area contributed by atoms with Crippen molar-refractivity contribution in [3.05, 3.63) is 35.4 Å². The molecule has 0 saturated carbocycles. The lowest BCUT2D eigenvalue weighted by atomic mass is 9.91. The predicted octanol–water partition coefficient (Wildman–Crippen LogP) is 3.28. The number of hydrogen-bond acceptors (Lipinski definition) is 1. The van der Waals surface area contributed by atoms with E-state index in [0.29, 0.717) is 12.1 Å². The lowest BCUT2D eigenvalue weighted by Gasteiger charge is -2.32. The van der Waals surface area contributed by atoms with E-state index in [9.17, 15) is 35.1 Å². The third kappa shape index (κ3) is 2.02. The number of aliphatic hydroxyl groups is 1. The lowest BCUT2D eigenvalue weighted by molar-refractivity contribution is -0.377. The molecule has 0 aliphatic heterocycles. The van der Waals surface area contributed by atoms with Gasteiger partial charge in [-0.15, -0.1) is 0 Å². The van der Waals surface area contributed by atoms with Crippen LogP contribution in [-0.4, -0.2) is 17.5 Å². The number of hydrogen-bond donors (Lipinski definition) is 1. The first kappa shape index (κ1) is 14.7. The second-order valence-corrected chi connectivity index (χ2v) is 3.31. The fraction of sp³-hybridized carbons (Fsp3) is 0.333.